The van der Waals surface area contributed by atoms with Crippen LogP contribution in [0.5, 0.6) is 0 Å². The molecule has 0 radical (unpaired) electrons. The second kappa shape index (κ2) is 7.89. The first kappa shape index (κ1) is 19.7. The maximum absolute atomic E-state index is 12.5. The van der Waals surface area contributed by atoms with Crippen molar-refractivity contribution in [3.63, 3.8) is 0 Å². The molecule has 0 aliphatic heterocycles. The molecule has 0 unspecified atom stereocenters. The molecule has 1 amide bonds. The summed E-state index contributed by atoms with van der Waals surface area (Å²) in [7, 11) is 0. The SMILES string of the molecule is O=C(CC1CC1)N(Cc1ccc(-c2noc(C(F)(F)F)n2)s1)OCC(F)F. The number of hydroxylamine groups is 2. The zero-order valence-corrected chi connectivity index (χ0v) is 14.5. The van der Waals surface area contributed by atoms with E-state index < -0.39 is 31.0 Å². The normalized spacial score (nSPS) is 14.7. The third-order valence-electron chi connectivity index (χ3n) is 3.64. The lowest BCUT2D eigenvalue weighted by atomic mass is 10.3. The summed E-state index contributed by atoms with van der Waals surface area (Å²) in [4.78, 5) is 21.2. The van der Waals surface area contributed by atoms with Gasteiger partial charge in [0.15, 0.2) is 0 Å². The maximum Gasteiger partial charge on any atom is 0.471 e. The first-order valence-electron chi connectivity index (χ1n) is 7.94. The van der Waals surface area contributed by atoms with Crippen molar-refractivity contribution in [2.24, 2.45) is 5.92 Å². The molecule has 0 atom stereocenters. The van der Waals surface area contributed by atoms with Gasteiger partial charge in [-0.2, -0.15) is 18.2 Å². The molecule has 1 aliphatic rings. The highest BCUT2D eigenvalue weighted by Crippen LogP contribution is 2.34. The van der Waals surface area contributed by atoms with Crippen LogP contribution in [0.1, 0.15) is 30.0 Å². The van der Waals surface area contributed by atoms with Crippen molar-refractivity contribution in [3.8, 4) is 10.7 Å². The molecule has 0 bridgehead atoms. The van der Waals surface area contributed by atoms with Gasteiger partial charge in [-0.05, 0) is 30.9 Å². The standard InChI is InChI=1S/C15H14F5N3O3S/c16-11(17)7-25-23(12(24)5-8-1-2-8)6-9-3-4-10(27-9)13-21-14(26-22-13)15(18,19)20/h3-4,8,11H,1-2,5-7H2. The van der Waals surface area contributed by atoms with Crippen LogP contribution in [0.15, 0.2) is 16.7 Å². The number of thiophene rings is 1. The van der Waals surface area contributed by atoms with Gasteiger partial charge in [-0.3, -0.25) is 9.63 Å². The third-order valence-corrected chi connectivity index (χ3v) is 4.71. The van der Waals surface area contributed by atoms with Gasteiger partial charge >= 0.3 is 12.1 Å². The molecule has 1 saturated carbocycles. The Kier molecular flexibility index (Phi) is 5.75. The first-order chi connectivity index (χ1) is 12.7. The number of hydrogen-bond acceptors (Lipinski definition) is 6. The largest absolute Gasteiger partial charge is 0.471 e. The van der Waals surface area contributed by atoms with E-state index in [9.17, 15) is 26.7 Å². The quantitative estimate of drug-likeness (QED) is 0.482. The fourth-order valence-electron chi connectivity index (χ4n) is 2.19. The van der Waals surface area contributed by atoms with E-state index in [4.69, 9.17) is 4.84 Å². The minimum Gasteiger partial charge on any atom is -0.329 e. The van der Waals surface area contributed by atoms with Crippen molar-refractivity contribution < 1.29 is 36.1 Å². The monoisotopic (exact) mass is 411 g/mol. The molecule has 148 valence electrons. The van der Waals surface area contributed by atoms with Gasteiger partial charge < -0.3 is 4.52 Å². The summed E-state index contributed by atoms with van der Waals surface area (Å²) in [5, 5.41) is 4.15. The number of aromatic nitrogens is 2. The lowest BCUT2D eigenvalue weighted by Gasteiger charge is -2.21. The number of amides is 1. The van der Waals surface area contributed by atoms with Gasteiger partial charge in [-0.1, -0.05) is 5.16 Å². The molecular formula is C15H14F5N3O3S. The van der Waals surface area contributed by atoms with Crippen molar-refractivity contribution in [2.75, 3.05) is 6.61 Å². The van der Waals surface area contributed by atoms with Gasteiger partial charge in [0.25, 0.3) is 6.43 Å². The predicted molar refractivity (Wildman–Crippen MR) is 82.5 cm³/mol. The molecule has 3 rings (SSSR count). The van der Waals surface area contributed by atoms with Crippen molar-refractivity contribution >= 4 is 17.2 Å². The van der Waals surface area contributed by atoms with Crippen LogP contribution in [0.4, 0.5) is 22.0 Å². The van der Waals surface area contributed by atoms with Gasteiger partial charge in [0.2, 0.25) is 11.7 Å². The lowest BCUT2D eigenvalue weighted by molar-refractivity contribution is -0.202. The van der Waals surface area contributed by atoms with Gasteiger partial charge in [0, 0.05) is 11.3 Å². The Balaban J connectivity index is 1.69. The molecular weight excluding hydrogens is 397 g/mol. The minimum atomic E-state index is -4.75. The van der Waals surface area contributed by atoms with E-state index in [1.165, 1.54) is 12.1 Å². The first-order valence-corrected chi connectivity index (χ1v) is 8.75. The Labute approximate surface area is 153 Å². The van der Waals surface area contributed by atoms with Crippen LogP contribution in [0, 0.1) is 5.92 Å². The highest BCUT2D eigenvalue weighted by molar-refractivity contribution is 7.15. The highest BCUT2D eigenvalue weighted by Gasteiger charge is 2.38. The summed E-state index contributed by atoms with van der Waals surface area (Å²) in [6.45, 7) is -1.03. The molecule has 1 aliphatic carbocycles. The molecule has 2 heterocycles. The Morgan fingerprint density at radius 1 is 1.37 bits per heavy atom. The molecule has 12 heteroatoms. The molecule has 1 fully saturated rings. The number of halogens is 5. The van der Waals surface area contributed by atoms with Gasteiger partial charge in [-0.15, -0.1) is 11.3 Å². The van der Waals surface area contributed by atoms with Gasteiger partial charge in [0.1, 0.15) is 6.61 Å². The van der Waals surface area contributed by atoms with E-state index in [1.54, 1.807) is 0 Å². The van der Waals surface area contributed by atoms with Crippen molar-refractivity contribution in [1.82, 2.24) is 15.2 Å². The molecule has 0 N–H and O–H groups in total. The number of alkyl halides is 5. The number of carbonyl (C=O) groups is 1. The Morgan fingerprint density at radius 3 is 2.70 bits per heavy atom. The van der Waals surface area contributed by atoms with Gasteiger partial charge in [-0.25, -0.2) is 13.8 Å². The van der Waals surface area contributed by atoms with E-state index in [1.807, 2.05) is 0 Å². The summed E-state index contributed by atoms with van der Waals surface area (Å²) < 4.78 is 66.6. The van der Waals surface area contributed by atoms with Crippen LogP contribution < -0.4 is 0 Å². The fourth-order valence-corrected chi connectivity index (χ4v) is 3.10. The number of carbonyl (C=O) groups excluding carboxylic acids is 1. The van der Waals surface area contributed by atoms with E-state index in [-0.39, 0.29) is 29.6 Å². The second-order valence-corrected chi connectivity index (χ2v) is 7.12. The van der Waals surface area contributed by atoms with E-state index in [2.05, 4.69) is 14.7 Å². The molecule has 27 heavy (non-hydrogen) atoms. The fraction of sp³-hybridized carbons (Fsp3) is 0.533. The van der Waals surface area contributed by atoms with E-state index in [0.29, 0.717) is 4.88 Å². The van der Waals surface area contributed by atoms with Crippen LogP contribution in [-0.2, 0) is 22.4 Å². The smallest absolute Gasteiger partial charge is 0.329 e. The minimum absolute atomic E-state index is 0.104. The highest BCUT2D eigenvalue weighted by atomic mass is 32.1. The summed E-state index contributed by atoms with van der Waals surface area (Å²) >= 11 is 1.01. The van der Waals surface area contributed by atoms with E-state index >= 15 is 0 Å². The lowest BCUT2D eigenvalue weighted by Crippen LogP contribution is -2.32. The number of hydrogen-bond donors (Lipinski definition) is 0. The Morgan fingerprint density at radius 2 is 2.11 bits per heavy atom. The summed E-state index contributed by atoms with van der Waals surface area (Å²) in [6, 6.07) is 2.99. The van der Waals surface area contributed by atoms with Crippen LogP contribution in [0.25, 0.3) is 10.7 Å². The van der Waals surface area contributed by atoms with Crippen LogP contribution in [-0.4, -0.2) is 34.1 Å². The molecule has 2 aromatic heterocycles. The predicted octanol–water partition coefficient (Wildman–Crippen LogP) is 4.14. The maximum atomic E-state index is 12.5. The zero-order chi connectivity index (χ0) is 19.6. The van der Waals surface area contributed by atoms with Gasteiger partial charge in [0.05, 0.1) is 11.4 Å². The van der Waals surface area contributed by atoms with Crippen molar-refractivity contribution in [2.45, 2.75) is 38.4 Å². The Bertz CT molecular complexity index is 788. The molecule has 6 nitrogen and oxygen atoms in total. The molecule has 0 spiro atoms. The second-order valence-electron chi connectivity index (χ2n) is 5.95. The number of nitrogens with zero attached hydrogens (tertiary/aromatic N) is 3. The summed E-state index contributed by atoms with van der Waals surface area (Å²) in [5.74, 6) is -1.88. The molecule has 2 aromatic rings. The molecule has 0 saturated heterocycles. The van der Waals surface area contributed by atoms with Crippen molar-refractivity contribution in [3.05, 3.63) is 22.9 Å². The number of rotatable bonds is 8. The average Bonchev–Trinajstić information content (AvgIpc) is 3.08. The summed E-state index contributed by atoms with van der Waals surface area (Å²) in [5.41, 5.74) is 0. The Hall–Kier alpha value is -2.08. The van der Waals surface area contributed by atoms with E-state index in [0.717, 1.165) is 29.2 Å². The molecule has 0 aromatic carbocycles. The van der Waals surface area contributed by atoms with Crippen LogP contribution in [0.3, 0.4) is 0 Å². The zero-order valence-electron chi connectivity index (χ0n) is 13.7. The topological polar surface area (TPSA) is 68.5 Å². The van der Waals surface area contributed by atoms with Crippen LogP contribution in [0.2, 0.25) is 0 Å². The van der Waals surface area contributed by atoms with Crippen molar-refractivity contribution in [1.29, 1.82) is 0 Å². The summed E-state index contributed by atoms with van der Waals surface area (Å²) in [6.07, 6.45) is -5.45. The average molecular weight is 411 g/mol. The van der Waals surface area contributed by atoms with Crippen LogP contribution >= 0.6 is 11.3 Å². The third kappa shape index (κ3) is 5.45.